The molecule has 1 unspecified atom stereocenters. The minimum atomic E-state index is -0.949. The normalized spacial score (nSPS) is 11.9. The molecule has 20 heavy (non-hydrogen) atoms. The van der Waals surface area contributed by atoms with Crippen molar-refractivity contribution in [3.8, 4) is 0 Å². The van der Waals surface area contributed by atoms with Gasteiger partial charge in [0.05, 0.1) is 18.2 Å². The molecular weight excluding hydrogens is 260 g/mol. The van der Waals surface area contributed by atoms with Crippen LogP contribution >= 0.6 is 0 Å². The molecule has 3 N–H and O–H groups in total. The van der Waals surface area contributed by atoms with E-state index in [0.717, 1.165) is 5.56 Å². The first-order valence-corrected chi connectivity index (χ1v) is 6.37. The van der Waals surface area contributed by atoms with Crippen LogP contribution in [0.5, 0.6) is 0 Å². The largest absolute Gasteiger partial charge is 0.478 e. The molecular formula is C14H20N2O4. The number of ether oxygens (including phenoxy) is 1. The summed E-state index contributed by atoms with van der Waals surface area (Å²) in [7, 11) is 1.58. The first-order valence-electron chi connectivity index (χ1n) is 6.37. The Hall–Kier alpha value is -1.92. The van der Waals surface area contributed by atoms with Crippen molar-refractivity contribution in [2.75, 3.05) is 20.3 Å². The lowest BCUT2D eigenvalue weighted by Crippen LogP contribution is -2.42. The Labute approximate surface area is 118 Å². The second kappa shape index (κ2) is 8.29. The number of benzene rings is 1. The highest BCUT2D eigenvalue weighted by atomic mass is 16.5. The van der Waals surface area contributed by atoms with Crippen LogP contribution in [-0.4, -0.2) is 43.3 Å². The molecule has 0 heterocycles. The molecule has 0 aliphatic heterocycles. The second-order valence-corrected chi connectivity index (χ2v) is 4.39. The molecule has 1 atom stereocenters. The van der Waals surface area contributed by atoms with Crippen LogP contribution in [0.3, 0.4) is 0 Å². The third-order valence-electron chi connectivity index (χ3n) is 2.81. The lowest BCUT2D eigenvalue weighted by atomic mass is 10.1. The number of carbonyl (C=O) groups excluding carboxylic acids is 1. The molecule has 0 aromatic heterocycles. The van der Waals surface area contributed by atoms with Gasteiger partial charge in [-0.2, -0.15) is 0 Å². The van der Waals surface area contributed by atoms with Gasteiger partial charge in [-0.1, -0.05) is 12.1 Å². The van der Waals surface area contributed by atoms with Crippen LogP contribution in [0.15, 0.2) is 24.3 Å². The summed E-state index contributed by atoms with van der Waals surface area (Å²) in [5.41, 5.74) is 1.17. The summed E-state index contributed by atoms with van der Waals surface area (Å²) >= 11 is 0. The van der Waals surface area contributed by atoms with Gasteiger partial charge in [-0.25, -0.2) is 4.79 Å². The zero-order valence-corrected chi connectivity index (χ0v) is 11.7. The summed E-state index contributed by atoms with van der Waals surface area (Å²) in [6.45, 7) is 3.23. The third-order valence-corrected chi connectivity index (χ3v) is 2.81. The Morgan fingerprint density at radius 1 is 1.30 bits per heavy atom. The van der Waals surface area contributed by atoms with Gasteiger partial charge in [-0.3, -0.25) is 4.79 Å². The van der Waals surface area contributed by atoms with E-state index in [0.29, 0.717) is 19.7 Å². The predicted molar refractivity (Wildman–Crippen MR) is 74.6 cm³/mol. The molecule has 0 saturated heterocycles. The van der Waals surface area contributed by atoms with E-state index in [1.807, 2.05) is 0 Å². The number of carboxylic acid groups (broad SMARTS) is 1. The van der Waals surface area contributed by atoms with Crippen molar-refractivity contribution in [2.24, 2.45) is 0 Å². The van der Waals surface area contributed by atoms with Gasteiger partial charge in [0.25, 0.3) is 0 Å². The Kier molecular flexibility index (Phi) is 6.69. The maximum atomic E-state index is 11.7. The summed E-state index contributed by atoms with van der Waals surface area (Å²) < 4.78 is 4.85. The van der Waals surface area contributed by atoms with Crippen LogP contribution in [0, 0.1) is 0 Å². The highest BCUT2D eigenvalue weighted by molar-refractivity contribution is 5.87. The van der Waals surface area contributed by atoms with Crippen molar-refractivity contribution >= 4 is 11.9 Å². The van der Waals surface area contributed by atoms with Gasteiger partial charge in [-0.15, -0.1) is 0 Å². The van der Waals surface area contributed by atoms with Gasteiger partial charge in [0.15, 0.2) is 0 Å². The molecule has 0 fully saturated rings. The minimum absolute atomic E-state index is 0.0933. The Balaban J connectivity index is 2.38. The molecule has 6 nitrogen and oxygen atoms in total. The molecule has 1 amide bonds. The van der Waals surface area contributed by atoms with Crippen LogP contribution in [0.25, 0.3) is 0 Å². The number of aromatic carboxylic acids is 1. The fourth-order valence-corrected chi connectivity index (χ4v) is 1.56. The van der Waals surface area contributed by atoms with Crippen LogP contribution in [0.1, 0.15) is 22.8 Å². The summed E-state index contributed by atoms with van der Waals surface area (Å²) in [5, 5.41) is 14.6. The van der Waals surface area contributed by atoms with Crippen molar-refractivity contribution in [3.05, 3.63) is 35.4 Å². The first kappa shape index (κ1) is 16.1. The number of hydrogen-bond donors (Lipinski definition) is 3. The number of hydrogen-bond acceptors (Lipinski definition) is 4. The Bertz CT molecular complexity index is 445. The van der Waals surface area contributed by atoms with E-state index in [-0.39, 0.29) is 17.5 Å². The van der Waals surface area contributed by atoms with Gasteiger partial charge in [0.2, 0.25) is 5.91 Å². The maximum absolute atomic E-state index is 11.7. The standard InChI is InChI=1S/C14H20N2O4/c1-10(13(17)15-7-8-20-2)16-9-11-3-5-12(6-4-11)14(18)19/h3-6,10,16H,7-9H2,1-2H3,(H,15,17)(H,18,19). The monoisotopic (exact) mass is 280 g/mol. The van der Waals surface area contributed by atoms with Crippen molar-refractivity contribution in [1.82, 2.24) is 10.6 Å². The van der Waals surface area contributed by atoms with Gasteiger partial charge in [0, 0.05) is 20.2 Å². The fraction of sp³-hybridized carbons (Fsp3) is 0.429. The highest BCUT2D eigenvalue weighted by Crippen LogP contribution is 2.04. The van der Waals surface area contributed by atoms with Gasteiger partial charge in [-0.05, 0) is 24.6 Å². The average Bonchev–Trinajstić information content (AvgIpc) is 2.45. The number of nitrogens with one attached hydrogen (secondary N) is 2. The molecule has 0 aliphatic carbocycles. The van der Waals surface area contributed by atoms with E-state index in [4.69, 9.17) is 9.84 Å². The molecule has 0 bridgehead atoms. The molecule has 1 aromatic carbocycles. The first-order chi connectivity index (χ1) is 9.54. The number of carboxylic acids is 1. The molecule has 0 saturated carbocycles. The van der Waals surface area contributed by atoms with E-state index >= 15 is 0 Å². The Morgan fingerprint density at radius 3 is 2.50 bits per heavy atom. The fourth-order valence-electron chi connectivity index (χ4n) is 1.56. The molecule has 0 aliphatic rings. The topological polar surface area (TPSA) is 87.7 Å². The zero-order valence-electron chi connectivity index (χ0n) is 11.7. The van der Waals surface area contributed by atoms with Crippen LogP contribution in [-0.2, 0) is 16.1 Å². The highest BCUT2D eigenvalue weighted by Gasteiger charge is 2.11. The van der Waals surface area contributed by atoms with Gasteiger partial charge < -0.3 is 20.5 Å². The molecule has 110 valence electrons. The van der Waals surface area contributed by atoms with Gasteiger partial charge >= 0.3 is 5.97 Å². The van der Waals surface area contributed by atoms with Crippen molar-refractivity contribution in [3.63, 3.8) is 0 Å². The van der Waals surface area contributed by atoms with E-state index in [9.17, 15) is 9.59 Å². The number of amides is 1. The zero-order chi connectivity index (χ0) is 15.0. The van der Waals surface area contributed by atoms with Crippen molar-refractivity contribution < 1.29 is 19.4 Å². The second-order valence-electron chi connectivity index (χ2n) is 4.39. The van der Waals surface area contributed by atoms with Crippen molar-refractivity contribution in [2.45, 2.75) is 19.5 Å². The summed E-state index contributed by atoms with van der Waals surface area (Å²) in [6.07, 6.45) is 0. The summed E-state index contributed by atoms with van der Waals surface area (Å²) in [6, 6.07) is 6.22. The Morgan fingerprint density at radius 2 is 1.95 bits per heavy atom. The lowest BCUT2D eigenvalue weighted by Gasteiger charge is -2.14. The van der Waals surface area contributed by atoms with E-state index in [2.05, 4.69) is 10.6 Å². The SMILES string of the molecule is COCCNC(=O)C(C)NCc1ccc(C(=O)O)cc1. The smallest absolute Gasteiger partial charge is 0.335 e. The molecule has 6 heteroatoms. The number of carbonyl (C=O) groups is 2. The summed E-state index contributed by atoms with van der Waals surface area (Å²) in [4.78, 5) is 22.4. The molecule has 0 radical (unpaired) electrons. The van der Waals surface area contributed by atoms with E-state index in [1.165, 1.54) is 0 Å². The van der Waals surface area contributed by atoms with Crippen LogP contribution in [0.2, 0.25) is 0 Å². The predicted octanol–water partition coefficient (Wildman–Crippen LogP) is 0.626. The average molecular weight is 280 g/mol. The molecule has 1 rings (SSSR count). The molecule has 0 spiro atoms. The maximum Gasteiger partial charge on any atom is 0.335 e. The summed E-state index contributed by atoms with van der Waals surface area (Å²) in [5.74, 6) is -1.04. The van der Waals surface area contributed by atoms with E-state index < -0.39 is 5.97 Å². The lowest BCUT2D eigenvalue weighted by molar-refractivity contribution is -0.122. The number of rotatable bonds is 8. The van der Waals surface area contributed by atoms with Crippen LogP contribution in [0.4, 0.5) is 0 Å². The number of methoxy groups -OCH3 is 1. The molecule has 1 aromatic rings. The van der Waals surface area contributed by atoms with Gasteiger partial charge in [0.1, 0.15) is 0 Å². The third kappa shape index (κ3) is 5.38. The quantitative estimate of drug-likeness (QED) is 0.608. The van der Waals surface area contributed by atoms with E-state index in [1.54, 1.807) is 38.3 Å². The minimum Gasteiger partial charge on any atom is -0.478 e. The van der Waals surface area contributed by atoms with Crippen molar-refractivity contribution in [1.29, 1.82) is 0 Å². The van der Waals surface area contributed by atoms with Crippen LogP contribution < -0.4 is 10.6 Å².